The SMILES string of the molecule is COc1c(C)cc(C(=O)N2CCCC2)c(C)c1C. The van der Waals surface area contributed by atoms with E-state index in [1.807, 2.05) is 31.7 Å². The number of hydrogen-bond acceptors (Lipinski definition) is 2. The zero-order chi connectivity index (χ0) is 13.3. The number of aryl methyl sites for hydroxylation is 1. The van der Waals surface area contributed by atoms with Gasteiger partial charge >= 0.3 is 0 Å². The van der Waals surface area contributed by atoms with Crippen LogP contribution in [0, 0.1) is 20.8 Å². The van der Waals surface area contributed by atoms with Crippen LogP contribution in [0.15, 0.2) is 6.07 Å². The number of hydrogen-bond donors (Lipinski definition) is 0. The van der Waals surface area contributed by atoms with Crippen molar-refractivity contribution in [3.8, 4) is 5.75 Å². The van der Waals surface area contributed by atoms with Gasteiger partial charge in [-0.05, 0) is 56.4 Å². The molecule has 0 unspecified atom stereocenters. The molecule has 1 aromatic rings. The Hall–Kier alpha value is -1.51. The van der Waals surface area contributed by atoms with E-state index in [9.17, 15) is 4.79 Å². The van der Waals surface area contributed by atoms with Gasteiger partial charge in [-0.2, -0.15) is 0 Å². The molecule has 2 rings (SSSR count). The molecule has 1 amide bonds. The third kappa shape index (κ3) is 2.09. The Balaban J connectivity index is 2.42. The molecule has 0 atom stereocenters. The minimum atomic E-state index is 0.166. The Morgan fingerprint density at radius 2 is 1.78 bits per heavy atom. The summed E-state index contributed by atoms with van der Waals surface area (Å²) in [5.41, 5.74) is 3.96. The Bertz CT molecular complexity index is 474. The van der Waals surface area contributed by atoms with Crippen LogP contribution in [0.4, 0.5) is 0 Å². The molecule has 0 N–H and O–H groups in total. The van der Waals surface area contributed by atoms with E-state index in [-0.39, 0.29) is 5.91 Å². The maximum atomic E-state index is 12.5. The third-order valence-corrected chi connectivity index (χ3v) is 3.85. The molecule has 0 radical (unpaired) electrons. The van der Waals surface area contributed by atoms with E-state index in [0.29, 0.717) is 0 Å². The summed E-state index contributed by atoms with van der Waals surface area (Å²) in [6.07, 6.45) is 2.25. The topological polar surface area (TPSA) is 29.5 Å². The first-order chi connectivity index (χ1) is 8.56. The standard InChI is InChI=1S/C15H21NO2/c1-10-9-13(11(2)12(3)14(10)18-4)15(17)16-7-5-6-8-16/h9H,5-8H2,1-4H3. The number of rotatable bonds is 2. The highest BCUT2D eigenvalue weighted by Gasteiger charge is 2.23. The fraction of sp³-hybridized carbons (Fsp3) is 0.533. The minimum Gasteiger partial charge on any atom is -0.496 e. The van der Waals surface area contributed by atoms with Crippen LogP contribution in [0.3, 0.4) is 0 Å². The number of likely N-dealkylation sites (tertiary alicyclic amines) is 1. The first-order valence-electron chi connectivity index (χ1n) is 6.50. The van der Waals surface area contributed by atoms with Gasteiger partial charge in [-0.3, -0.25) is 4.79 Å². The predicted octanol–water partition coefficient (Wildman–Crippen LogP) is 2.86. The second kappa shape index (κ2) is 5.01. The van der Waals surface area contributed by atoms with Gasteiger partial charge in [-0.15, -0.1) is 0 Å². The summed E-state index contributed by atoms with van der Waals surface area (Å²) in [4.78, 5) is 14.4. The van der Waals surface area contributed by atoms with Crippen molar-refractivity contribution in [2.45, 2.75) is 33.6 Å². The number of ether oxygens (including phenoxy) is 1. The van der Waals surface area contributed by atoms with Crippen LogP contribution < -0.4 is 4.74 Å². The molecule has 1 aliphatic rings. The van der Waals surface area contributed by atoms with Crippen LogP contribution in [0.25, 0.3) is 0 Å². The van der Waals surface area contributed by atoms with Gasteiger partial charge in [0.1, 0.15) is 5.75 Å². The lowest BCUT2D eigenvalue weighted by molar-refractivity contribution is 0.0792. The molecule has 0 spiro atoms. The molecule has 18 heavy (non-hydrogen) atoms. The smallest absolute Gasteiger partial charge is 0.254 e. The van der Waals surface area contributed by atoms with E-state index in [4.69, 9.17) is 4.74 Å². The van der Waals surface area contributed by atoms with Crippen LogP contribution >= 0.6 is 0 Å². The number of carbonyl (C=O) groups excluding carboxylic acids is 1. The summed E-state index contributed by atoms with van der Waals surface area (Å²) in [5.74, 6) is 1.06. The highest BCUT2D eigenvalue weighted by Crippen LogP contribution is 2.29. The third-order valence-electron chi connectivity index (χ3n) is 3.85. The Morgan fingerprint density at radius 3 is 2.33 bits per heavy atom. The van der Waals surface area contributed by atoms with Gasteiger partial charge in [-0.25, -0.2) is 0 Å². The summed E-state index contributed by atoms with van der Waals surface area (Å²) in [7, 11) is 1.68. The van der Waals surface area contributed by atoms with Crippen LogP contribution in [0.5, 0.6) is 5.75 Å². The first kappa shape index (κ1) is 12.9. The monoisotopic (exact) mass is 247 g/mol. The molecular formula is C15H21NO2. The van der Waals surface area contributed by atoms with Crippen molar-refractivity contribution < 1.29 is 9.53 Å². The number of amides is 1. The van der Waals surface area contributed by atoms with Crippen LogP contribution in [0.1, 0.15) is 39.9 Å². The second-order valence-electron chi connectivity index (χ2n) is 5.02. The minimum absolute atomic E-state index is 0.166. The summed E-state index contributed by atoms with van der Waals surface area (Å²) in [6, 6.07) is 1.96. The maximum Gasteiger partial charge on any atom is 0.254 e. The van der Waals surface area contributed by atoms with Crippen LogP contribution in [0.2, 0.25) is 0 Å². The van der Waals surface area contributed by atoms with Crippen molar-refractivity contribution in [1.82, 2.24) is 4.90 Å². The molecule has 98 valence electrons. The van der Waals surface area contributed by atoms with E-state index in [1.54, 1.807) is 7.11 Å². The van der Waals surface area contributed by atoms with Crippen molar-refractivity contribution in [2.75, 3.05) is 20.2 Å². The predicted molar refractivity (Wildman–Crippen MR) is 72.3 cm³/mol. The van der Waals surface area contributed by atoms with E-state index in [0.717, 1.165) is 53.9 Å². The quantitative estimate of drug-likeness (QED) is 0.804. The van der Waals surface area contributed by atoms with Crippen molar-refractivity contribution >= 4 is 5.91 Å². The summed E-state index contributed by atoms with van der Waals surface area (Å²) < 4.78 is 5.39. The van der Waals surface area contributed by atoms with E-state index < -0.39 is 0 Å². The average Bonchev–Trinajstić information content (AvgIpc) is 2.87. The van der Waals surface area contributed by atoms with E-state index in [2.05, 4.69) is 0 Å². The molecule has 1 fully saturated rings. The zero-order valence-electron chi connectivity index (χ0n) is 11.7. The molecule has 0 bridgehead atoms. The number of nitrogens with zero attached hydrogens (tertiary/aromatic N) is 1. The lowest BCUT2D eigenvalue weighted by Gasteiger charge is -2.20. The Morgan fingerprint density at radius 1 is 1.17 bits per heavy atom. The van der Waals surface area contributed by atoms with Crippen molar-refractivity contribution in [2.24, 2.45) is 0 Å². The molecule has 3 heteroatoms. The van der Waals surface area contributed by atoms with Crippen molar-refractivity contribution in [1.29, 1.82) is 0 Å². The van der Waals surface area contributed by atoms with Gasteiger partial charge in [0, 0.05) is 18.7 Å². The van der Waals surface area contributed by atoms with Crippen molar-refractivity contribution in [3.05, 3.63) is 28.3 Å². The van der Waals surface area contributed by atoms with Crippen molar-refractivity contribution in [3.63, 3.8) is 0 Å². The van der Waals surface area contributed by atoms with E-state index in [1.165, 1.54) is 0 Å². The Labute approximate surface area is 109 Å². The first-order valence-corrected chi connectivity index (χ1v) is 6.50. The lowest BCUT2D eigenvalue weighted by atomic mass is 9.98. The maximum absolute atomic E-state index is 12.5. The fourth-order valence-electron chi connectivity index (χ4n) is 2.69. The molecule has 1 aliphatic heterocycles. The van der Waals surface area contributed by atoms with Crippen LogP contribution in [-0.2, 0) is 0 Å². The normalized spacial score (nSPS) is 15.0. The van der Waals surface area contributed by atoms with Gasteiger partial charge in [-0.1, -0.05) is 0 Å². The molecule has 3 nitrogen and oxygen atoms in total. The molecule has 1 saturated heterocycles. The summed E-state index contributed by atoms with van der Waals surface area (Å²) >= 11 is 0. The number of methoxy groups -OCH3 is 1. The molecule has 1 heterocycles. The van der Waals surface area contributed by atoms with E-state index >= 15 is 0 Å². The molecule has 0 aromatic heterocycles. The highest BCUT2D eigenvalue weighted by atomic mass is 16.5. The number of carbonyl (C=O) groups is 1. The zero-order valence-corrected chi connectivity index (χ0v) is 11.7. The van der Waals surface area contributed by atoms with Gasteiger partial charge in [0.2, 0.25) is 0 Å². The molecule has 0 saturated carbocycles. The van der Waals surface area contributed by atoms with Gasteiger partial charge < -0.3 is 9.64 Å². The second-order valence-corrected chi connectivity index (χ2v) is 5.02. The fourth-order valence-corrected chi connectivity index (χ4v) is 2.69. The van der Waals surface area contributed by atoms with Gasteiger partial charge in [0.05, 0.1) is 7.11 Å². The lowest BCUT2D eigenvalue weighted by Crippen LogP contribution is -2.28. The molecule has 0 aliphatic carbocycles. The average molecular weight is 247 g/mol. The highest BCUT2D eigenvalue weighted by molar-refractivity contribution is 5.96. The molecular weight excluding hydrogens is 226 g/mol. The van der Waals surface area contributed by atoms with Crippen LogP contribution in [-0.4, -0.2) is 31.0 Å². The largest absolute Gasteiger partial charge is 0.496 e. The Kier molecular flexibility index (Phi) is 3.60. The molecule has 1 aromatic carbocycles. The number of benzene rings is 1. The van der Waals surface area contributed by atoms with Gasteiger partial charge in [0.15, 0.2) is 0 Å². The van der Waals surface area contributed by atoms with Gasteiger partial charge in [0.25, 0.3) is 5.91 Å². The summed E-state index contributed by atoms with van der Waals surface area (Å²) in [6.45, 7) is 7.79. The summed E-state index contributed by atoms with van der Waals surface area (Å²) in [5, 5.41) is 0.